The Morgan fingerprint density at radius 2 is 2.11 bits per heavy atom. The number of nitrogens with zero attached hydrogens (tertiary/aromatic N) is 4. The molecule has 0 bridgehead atoms. The molecular weight excluding hydrogens is 360 g/mol. The molecule has 2 aromatic heterocycles. The van der Waals surface area contributed by atoms with Gasteiger partial charge in [0.05, 0.1) is 18.5 Å². The molecule has 3 aromatic rings. The number of ether oxygens (including phenoxy) is 1. The van der Waals surface area contributed by atoms with E-state index in [1.54, 1.807) is 0 Å². The lowest BCUT2D eigenvalue weighted by atomic mass is 10.1. The van der Waals surface area contributed by atoms with Gasteiger partial charge in [0.1, 0.15) is 6.10 Å². The Kier molecular flexibility index (Phi) is 5.53. The SMILES string of the molecule is CCn1cc(CN2CCO[C@@H](c3ccc(-c4cccc(Cl)c4)cn3)C2)cn1. The van der Waals surface area contributed by atoms with Crippen molar-refractivity contribution >= 4 is 11.6 Å². The molecule has 1 fully saturated rings. The topological polar surface area (TPSA) is 43.2 Å². The molecule has 1 saturated heterocycles. The van der Waals surface area contributed by atoms with Gasteiger partial charge in [0.25, 0.3) is 0 Å². The molecule has 0 aliphatic carbocycles. The molecule has 140 valence electrons. The zero-order valence-corrected chi connectivity index (χ0v) is 16.1. The van der Waals surface area contributed by atoms with E-state index in [4.69, 9.17) is 16.3 Å². The van der Waals surface area contributed by atoms with E-state index in [2.05, 4.69) is 40.2 Å². The van der Waals surface area contributed by atoms with Crippen LogP contribution in [0.2, 0.25) is 5.02 Å². The van der Waals surface area contributed by atoms with E-state index in [0.717, 1.165) is 48.0 Å². The first-order chi connectivity index (χ1) is 13.2. The quantitative estimate of drug-likeness (QED) is 0.663. The summed E-state index contributed by atoms with van der Waals surface area (Å²) in [6, 6.07) is 12.0. The zero-order chi connectivity index (χ0) is 18.6. The van der Waals surface area contributed by atoms with Gasteiger partial charge in [0, 0.05) is 54.7 Å². The first-order valence-corrected chi connectivity index (χ1v) is 9.66. The Hall–Kier alpha value is -2.21. The molecule has 1 atom stereocenters. The summed E-state index contributed by atoms with van der Waals surface area (Å²) < 4.78 is 7.94. The number of hydrogen-bond acceptors (Lipinski definition) is 4. The van der Waals surface area contributed by atoms with Crippen molar-refractivity contribution < 1.29 is 4.74 Å². The molecule has 0 N–H and O–H groups in total. The second-order valence-electron chi connectivity index (χ2n) is 6.78. The molecule has 0 radical (unpaired) electrons. The summed E-state index contributed by atoms with van der Waals surface area (Å²) in [4.78, 5) is 7.06. The van der Waals surface area contributed by atoms with E-state index in [9.17, 15) is 0 Å². The normalized spacial score (nSPS) is 17.9. The maximum Gasteiger partial charge on any atom is 0.112 e. The maximum atomic E-state index is 6.09. The van der Waals surface area contributed by atoms with E-state index >= 15 is 0 Å². The zero-order valence-electron chi connectivity index (χ0n) is 15.4. The van der Waals surface area contributed by atoms with Crippen molar-refractivity contribution in [1.82, 2.24) is 19.7 Å². The molecule has 0 amide bonds. The number of halogens is 1. The van der Waals surface area contributed by atoms with Gasteiger partial charge in [0.2, 0.25) is 0 Å². The van der Waals surface area contributed by atoms with E-state index in [1.807, 2.05) is 41.3 Å². The predicted molar refractivity (Wildman–Crippen MR) is 107 cm³/mol. The first-order valence-electron chi connectivity index (χ1n) is 9.28. The van der Waals surface area contributed by atoms with Crippen LogP contribution in [0.1, 0.15) is 24.3 Å². The highest BCUT2D eigenvalue weighted by molar-refractivity contribution is 6.30. The van der Waals surface area contributed by atoms with Gasteiger partial charge in [-0.15, -0.1) is 0 Å². The molecule has 5 nitrogen and oxygen atoms in total. The number of hydrogen-bond donors (Lipinski definition) is 0. The van der Waals surface area contributed by atoms with E-state index < -0.39 is 0 Å². The highest BCUT2D eigenvalue weighted by Crippen LogP contribution is 2.26. The Morgan fingerprint density at radius 1 is 1.19 bits per heavy atom. The molecule has 0 spiro atoms. The van der Waals surface area contributed by atoms with Crippen LogP contribution in [-0.4, -0.2) is 39.4 Å². The Labute approximate surface area is 164 Å². The predicted octanol–water partition coefficient (Wildman–Crippen LogP) is 4.19. The number of pyridine rings is 1. The second kappa shape index (κ2) is 8.21. The van der Waals surface area contributed by atoms with Gasteiger partial charge in [-0.05, 0) is 30.7 Å². The average Bonchev–Trinajstić information content (AvgIpc) is 3.16. The van der Waals surface area contributed by atoms with Crippen molar-refractivity contribution in [2.75, 3.05) is 19.7 Å². The smallest absolute Gasteiger partial charge is 0.112 e. The molecule has 3 heterocycles. The van der Waals surface area contributed by atoms with Crippen molar-refractivity contribution in [3.05, 3.63) is 71.3 Å². The van der Waals surface area contributed by atoms with Gasteiger partial charge in [-0.1, -0.05) is 29.8 Å². The van der Waals surface area contributed by atoms with Crippen LogP contribution in [-0.2, 0) is 17.8 Å². The number of morpholine rings is 1. The number of aromatic nitrogens is 3. The van der Waals surface area contributed by atoms with Gasteiger partial charge in [-0.3, -0.25) is 14.6 Å². The molecule has 0 saturated carbocycles. The summed E-state index contributed by atoms with van der Waals surface area (Å²) >= 11 is 6.09. The Morgan fingerprint density at radius 3 is 2.85 bits per heavy atom. The molecular formula is C21H23ClN4O. The fourth-order valence-electron chi connectivity index (χ4n) is 3.38. The first kappa shape index (κ1) is 18.2. The lowest BCUT2D eigenvalue weighted by Crippen LogP contribution is -2.38. The Bertz CT molecular complexity index is 893. The van der Waals surface area contributed by atoms with Crippen molar-refractivity contribution in [2.45, 2.75) is 26.1 Å². The molecule has 27 heavy (non-hydrogen) atoms. The van der Waals surface area contributed by atoms with E-state index in [-0.39, 0.29) is 6.10 Å². The minimum absolute atomic E-state index is 0.00613. The Balaban J connectivity index is 1.43. The third kappa shape index (κ3) is 4.38. The van der Waals surface area contributed by atoms with E-state index in [1.165, 1.54) is 5.56 Å². The minimum atomic E-state index is -0.00613. The van der Waals surface area contributed by atoms with Gasteiger partial charge >= 0.3 is 0 Å². The number of rotatable bonds is 5. The highest BCUT2D eigenvalue weighted by atomic mass is 35.5. The summed E-state index contributed by atoms with van der Waals surface area (Å²) in [5, 5.41) is 5.09. The third-order valence-corrected chi connectivity index (χ3v) is 5.08. The van der Waals surface area contributed by atoms with Crippen LogP contribution < -0.4 is 0 Å². The van der Waals surface area contributed by atoms with Crippen molar-refractivity contribution in [3.63, 3.8) is 0 Å². The number of aryl methyl sites for hydroxylation is 1. The molecule has 1 aliphatic heterocycles. The van der Waals surface area contributed by atoms with Gasteiger partial charge < -0.3 is 4.74 Å². The van der Waals surface area contributed by atoms with Crippen molar-refractivity contribution in [3.8, 4) is 11.1 Å². The summed E-state index contributed by atoms with van der Waals surface area (Å²) in [6.07, 6.45) is 5.96. The van der Waals surface area contributed by atoms with E-state index in [0.29, 0.717) is 6.61 Å². The maximum absolute atomic E-state index is 6.09. The van der Waals surface area contributed by atoms with Gasteiger partial charge in [-0.25, -0.2) is 0 Å². The van der Waals surface area contributed by atoms with Gasteiger partial charge in [-0.2, -0.15) is 5.10 Å². The summed E-state index contributed by atoms with van der Waals surface area (Å²) in [5.41, 5.74) is 4.33. The average molecular weight is 383 g/mol. The summed E-state index contributed by atoms with van der Waals surface area (Å²) in [6.45, 7) is 6.36. The van der Waals surface area contributed by atoms with Crippen LogP contribution in [0.3, 0.4) is 0 Å². The number of benzene rings is 1. The monoisotopic (exact) mass is 382 g/mol. The van der Waals surface area contributed by atoms with Crippen LogP contribution in [0.25, 0.3) is 11.1 Å². The van der Waals surface area contributed by atoms with Gasteiger partial charge in [0.15, 0.2) is 0 Å². The molecule has 1 aromatic carbocycles. The fourth-order valence-corrected chi connectivity index (χ4v) is 3.57. The minimum Gasteiger partial charge on any atom is -0.369 e. The summed E-state index contributed by atoms with van der Waals surface area (Å²) in [7, 11) is 0. The summed E-state index contributed by atoms with van der Waals surface area (Å²) in [5.74, 6) is 0. The lowest BCUT2D eigenvalue weighted by Gasteiger charge is -2.32. The second-order valence-corrected chi connectivity index (χ2v) is 7.22. The van der Waals surface area contributed by atoms with Crippen LogP contribution in [0.5, 0.6) is 0 Å². The lowest BCUT2D eigenvalue weighted by molar-refractivity contribution is -0.0349. The van der Waals surface area contributed by atoms with Crippen LogP contribution in [0, 0.1) is 0 Å². The largest absolute Gasteiger partial charge is 0.369 e. The fraction of sp³-hybridized carbons (Fsp3) is 0.333. The highest BCUT2D eigenvalue weighted by Gasteiger charge is 2.23. The van der Waals surface area contributed by atoms with Crippen molar-refractivity contribution in [1.29, 1.82) is 0 Å². The molecule has 0 unspecified atom stereocenters. The van der Waals surface area contributed by atoms with Crippen molar-refractivity contribution in [2.24, 2.45) is 0 Å². The van der Waals surface area contributed by atoms with Crippen LogP contribution in [0.4, 0.5) is 0 Å². The standard InChI is InChI=1S/C21H23ClN4O/c1-2-26-14-16(11-24-26)13-25-8-9-27-21(15-25)20-7-6-18(12-23-20)17-4-3-5-19(22)10-17/h3-7,10-12,14,21H,2,8-9,13,15H2,1H3/t21-/m1/s1. The van der Waals surface area contributed by atoms with Crippen LogP contribution >= 0.6 is 11.6 Å². The molecule has 4 rings (SSSR count). The molecule has 6 heteroatoms. The van der Waals surface area contributed by atoms with Crippen LogP contribution in [0.15, 0.2) is 55.0 Å². The molecule has 1 aliphatic rings. The third-order valence-electron chi connectivity index (χ3n) is 4.84.